The molecule has 0 radical (unpaired) electrons. The highest BCUT2D eigenvalue weighted by Gasteiger charge is 2.20. The summed E-state index contributed by atoms with van der Waals surface area (Å²) in [4.78, 5) is 5.31. The lowest BCUT2D eigenvalue weighted by Gasteiger charge is -2.32. The van der Waals surface area contributed by atoms with Gasteiger partial charge in [0.25, 0.3) is 0 Å². The Hall–Kier alpha value is -1.88. The third-order valence-electron chi connectivity index (χ3n) is 3.72. The monoisotopic (exact) mass is 257 g/mol. The van der Waals surface area contributed by atoms with Crippen molar-refractivity contribution in [3.05, 3.63) is 30.6 Å². The summed E-state index contributed by atoms with van der Waals surface area (Å²) in [5.74, 6) is 1.54. The topological polar surface area (TPSA) is 70.8 Å². The Bertz CT molecular complexity index is 505. The molecule has 0 aromatic carbocycles. The van der Waals surface area contributed by atoms with Crippen molar-refractivity contribution in [2.45, 2.75) is 12.8 Å². The number of nitrogens with two attached hydrogens (primary N) is 1. The second kappa shape index (κ2) is 5.40. The SMILES string of the molecule is NCC1CCCN(c2ccc(-c3cc[nH]c3)nn2)C1. The van der Waals surface area contributed by atoms with Crippen molar-refractivity contribution >= 4 is 5.82 Å². The van der Waals surface area contributed by atoms with E-state index in [1.165, 1.54) is 12.8 Å². The van der Waals surface area contributed by atoms with Gasteiger partial charge in [-0.1, -0.05) is 0 Å². The minimum atomic E-state index is 0.583. The zero-order valence-electron chi connectivity index (χ0n) is 10.9. The number of anilines is 1. The number of piperidine rings is 1. The summed E-state index contributed by atoms with van der Waals surface area (Å²) in [6.45, 7) is 2.80. The molecule has 2 aromatic heterocycles. The maximum absolute atomic E-state index is 5.77. The standard InChI is InChI=1S/C14H19N5/c15-8-11-2-1-7-19(10-11)14-4-3-13(17-18-14)12-5-6-16-9-12/h3-6,9,11,16H,1-2,7-8,10,15H2. The molecule has 1 atom stereocenters. The van der Waals surface area contributed by atoms with E-state index in [1.807, 2.05) is 30.6 Å². The first-order valence-electron chi connectivity index (χ1n) is 6.78. The summed E-state index contributed by atoms with van der Waals surface area (Å²) >= 11 is 0. The summed E-state index contributed by atoms with van der Waals surface area (Å²) in [6.07, 6.45) is 6.22. The Kier molecular flexibility index (Phi) is 3.46. The van der Waals surface area contributed by atoms with E-state index < -0.39 is 0 Å². The van der Waals surface area contributed by atoms with E-state index in [2.05, 4.69) is 20.1 Å². The molecule has 5 nitrogen and oxygen atoms in total. The summed E-state index contributed by atoms with van der Waals surface area (Å²) in [5, 5.41) is 8.65. The highest BCUT2D eigenvalue weighted by Crippen LogP contribution is 2.22. The number of rotatable bonds is 3. The smallest absolute Gasteiger partial charge is 0.151 e. The molecule has 3 N–H and O–H groups in total. The number of nitrogens with one attached hydrogen (secondary N) is 1. The number of aromatic nitrogens is 3. The molecule has 0 bridgehead atoms. The van der Waals surface area contributed by atoms with Crippen LogP contribution in [0.3, 0.4) is 0 Å². The molecule has 100 valence electrons. The number of nitrogens with zero attached hydrogens (tertiary/aromatic N) is 3. The van der Waals surface area contributed by atoms with Gasteiger partial charge < -0.3 is 15.6 Å². The lowest BCUT2D eigenvalue weighted by molar-refractivity contribution is 0.421. The van der Waals surface area contributed by atoms with Crippen LogP contribution in [0.4, 0.5) is 5.82 Å². The molecule has 0 amide bonds. The van der Waals surface area contributed by atoms with Crippen LogP contribution < -0.4 is 10.6 Å². The Morgan fingerprint density at radius 1 is 1.32 bits per heavy atom. The molecular formula is C14H19N5. The number of aromatic amines is 1. The highest BCUT2D eigenvalue weighted by atomic mass is 15.3. The van der Waals surface area contributed by atoms with Crippen LogP contribution in [0.5, 0.6) is 0 Å². The summed E-state index contributed by atoms with van der Waals surface area (Å²) < 4.78 is 0. The van der Waals surface area contributed by atoms with E-state index in [4.69, 9.17) is 5.73 Å². The van der Waals surface area contributed by atoms with E-state index in [9.17, 15) is 0 Å². The average molecular weight is 257 g/mol. The maximum Gasteiger partial charge on any atom is 0.151 e. The second-order valence-corrected chi connectivity index (χ2v) is 5.07. The molecule has 0 aliphatic carbocycles. The Balaban J connectivity index is 1.75. The van der Waals surface area contributed by atoms with Crippen molar-refractivity contribution in [2.75, 3.05) is 24.5 Å². The first-order valence-corrected chi connectivity index (χ1v) is 6.78. The van der Waals surface area contributed by atoms with E-state index in [0.29, 0.717) is 5.92 Å². The van der Waals surface area contributed by atoms with Crippen molar-refractivity contribution in [3.8, 4) is 11.3 Å². The fraction of sp³-hybridized carbons (Fsp3) is 0.429. The molecular weight excluding hydrogens is 238 g/mol. The fourth-order valence-corrected chi connectivity index (χ4v) is 2.60. The van der Waals surface area contributed by atoms with Crippen LogP contribution in [-0.4, -0.2) is 34.8 Å². The minimum absolute atomic E-state index is 0.583. The van der Waals surface area contributed by atoms with Gasteiger partial charge in [-0.15, -0.1) is 10.2 Å². The molecule has 3 heterocycles. The molecule has 1 aliphatic heterocycles. The summed E-state index contributed by atoms with van der Waals surface area (Å²) in [5.41, 5.74) is 7.73. The van der Waals surface area contributed by atoms with Gasteiger partial charge in [0, 0.05) is 31.0 Å². The van der Waals surface area contributed by atoms with Gasteiger partial charge in [-0.25, -0.2) is 0 Å². The Morgan fingerprint density at radius 3 is 2.95 bits per heavy atom. The van der Waals surface area contributed by atoms with Crippen LogP contribution in [0, 0.1) is 5.92 Å². The first kappa shape index (κ1) is 12.2. The average Bonchev–Trinajstić information content (AvgIpc) is 3.02. The third-order valence-corrected chi connectivity index (χ3v) is 3.72. The van der Waals surface area contributed by atoms with E-state index in [1.54, 1.807) is 0 Å². The Labute approximate surface area is 112 Å². The summed E-state index contributed by atoms with van der Waals surface area (Å²) in [7, 11) is 0. The van der Waals surface area contributed by atoms with Crippen LogP contribution >= 0.6 is 0 Å². The quantitative estimate of drug-likeness (QED) is 0.877. The third kappa shape index (κ3) is 2.61. The summed E-state index contributed by atoms with van der Waals surface area (Å²) in [6, 6.07) is 6.07. The van der Waals surface area contributed by atoms with Gasteiger partial charge in [-0.3, -0.25) is 0 Å². The Morgan fingerprint density at radius 2 is 2.26 bits per heavy atom. The van der Waals surface area contributed by atoms with Crippen LogP contribution in [-0.2, 0) is 0 Å². The number of hydrogen-bond donors (Lipinski definition) is 2. The predicted molar refractivity (Wildman–Crippen MR) is 75.8 cm³/mol. The largest absolute Gasteiger partial charge is 0.367 e. The number of hydrogen-bond acceptors (Lipinski definition) is 4. The predicted octanol–water partition coefficient (Wildman–Crippen LogP) is 1.65. The molecule has 3 rings (SSSR count). The van der Waals surface area contributed by atoms with Gasteiger partial charge in [0.15, 0.2) is 5.82 Å². The molecule has 0 spiro atoms. The van der Waals surface area contributed by atoms with Crippen LogP contribution in [0.15, 0.2) is 30.6 Å². The molecule has 5 heteroatoms. The first-order chi connectivity index (χ1) is 9.36. The van der Waals surface area contributed by atoms with Crippen molar-refractivity contribution in [1.82, 2.24) is 15.2 Å². The van der Waals surface area contributed by atoms with E-state index in [0.717, 1.165) is 36.7 Å². The van der Waals surface area contributed by atoms with Gasteiger partial charge in [-0.2, -0.15) is 0 Å². The van der Waals surface area contributed by atoms with Crippen molar-refractivity contribution in [1.29, 1.82) is 0 Å². The van der Waals surface area contributed by atoms with Gasteiger partial charge in [-0.05, 0) is 43.5 Å². The lowest BCUT2D eigenvalue weighted by Crippen LogP contribution is -2.38. The normalized spacial score (nSPS) is 19.6. The van der Waals surface area contributed by atoms with Gasteiger partial charge in [0.05, 0.1) is 5.69 Å². The molecule has 1 unspecified atom stereocenters. The van der Waals surface area contributed by atoms with E-state index in [-0.39, 0.29) is 0 Å². The lowest BCUT2D eigenvalue weighted by atomic mass is 9.98. The maximum atomic E-state index is 5.77. The zero-order valence-corrected chi connectivity index (χ0v) is 10.9. The molecule has 1 saturated heterocycles. The fourth-order valence-electron chi connectivity index (χ4n) is 2.60. The van der Waals surface area contributed by atoms with Crippen molar-refractivity contribution < 1.29 is 0 Å². The van der Waals surface area contributed by atoms with Gasteiger partial charge in [0.1, 0.15) is 0 Å². The molecule has 19 heavy (non-hydrogen) atoms. The van der Waals surface area contributed by atoms with Crippen LogP contribution in [0.1, 0.15) is 12.8 Å². The molecule has 0 saturated carbocycles. The van der Waals surface area contributed by atoms with Crippen LogP contribution in [0.25, 0.3) is 11.3 Å². The zero-order chi connectivity index (χ0) is 13.1. The van der Waals surface area contributed by atoms with Gasteiger partial charge >= 0.3 is 0 Å². The van der Waals surface area contributed by atoms with Crippen molar-refractivity contribution in [3.63, 3.8) is 0 Å². The highest BCUT2D eigenvalue weighted by molar-refractivity contribution is 5.58. The van der Waals surface area contributed by atoms with Gasteiger partial charge in [0.2, 0.25) is 0 Å². The minimum Gasteiger partial charge on any atom is -0.367 e. The second-order valence-electron chi connectivity index (χ2n) is 5.07. The number of H-pyrrole nitrogens is 1. The van der Waals surface area contributed by atoms with Crippen molar-refractivity contribution in [2.24, 2.45) is 11.7 Å². The van der Waals surface area contributed by atoms with E-state index >= 15 is 0 Å². The molecule has 1 aliphatic rings. The molecule has 2 aromatic rings. The molecule has 1 fully saturated rings. The van der Waals surface area contributed by atoms with Crippen LogP contribution in [0.2, 0.25) is 0 Å².